The number of rotatable bonds is 4. The van der Waals surface area contributed by atoms with Gasteiger partial charge >= 0.3 is 12.1 Å². The molecule has 1 amide bonds. The van der Waals surface area contributed by atoms with E-state index in [2.05, 4.69) is 4.74 Å². The minimum absolute atomic E-state index is 0.310. The number of methoxy groups -OCH3 is 1. The van der Waals surface area contributed by atoms with E-state index in [-0.39, 0.29) is 5.56 Å². The minimum atomic E-state index is -4.75. The number of carbonyl (C=O) groups excluding carboxylic acids is 2. The van der Waals surface area contributed by atoms with E-state index in [9.17, 15) is 22.8 Å². The van der Waals surface area contributed by atoms with E-state index in [1.807, 2.05) is 0 Å². The zero-order chi connectivity index (χ0) is 15.5. The number of benzene rings is 1. The first-order chi connectivity index (χ1) is 9.16. The van der Waals surface area contributed by atoms with Gasteiger partial charge in [0.05, 0.1) is 12.7 Å². The summed E-state index contributed by atoms with van der Waals surface area (Å²) in [5.41, 5.74) is 3.43. The highest BCUT2D eigenvalue weighted by Crippen LogP contribution is 2.37. The largest absolute Gasteiger partial charge is 0.478 e. The van der Waals surface area contributed by atoms with Crippen molar-refractivity contribution < 1.29 is 32.2 Å². The number of halogens is 3. The molecule has 0 saturated carbocycles. The Balaban J connectivity index is 3.19. The summed E-state index contributed by atoms with van der Waals surface area (Å²) in [6.07, 6.45) is -5.98. The van der Waals surface area contributed by atoms with E-state index in [0.717, 1.165) is 19.2 Å². The molecule has 20 heavy (non-hydrogen) atoms. The first kappa shape index (κ1) is 15.8. The molecular formula is C12H12F3NO4. The van der Waals surface area contributed by atoms with Gasteiger partial charge in [0, 0.05) is 5.56 Å². The highest BCUT2D eigenvalue weighted by atomic mass is 19.4. The van der Waals surface area contributed by atoms with Crippen LogP contribution in [0.3, 0.4) is 0 Å². The van der Waals surface area contributed by atoms with Gasteiger partial charge in [-0.2, -0.15) is 13.2 Å². The molecule has 1 atom stereocenters. The lowest BCUT2D eigenvalue weighted by atomic mass is 10.1. The van der Waals surface area contributed by atoms with E-state index in [4.69, 9.17) is 10.5 Å². The van der Waals surface area contributed by atoms with Crippen LogP contribution in [0, 0.1) is 0 Å². The predicted octanol–water partition coefficient (Wildman–Crippen LogP) is 1.74. The Morgan fingerprint density at radius 1 is 1.30 bits per heavy atom. The first-order valence-electron chi connectivity index (χ1n) is 5.42. The van der Waals surface area contributed by atoms with Gasteiger partial charge in [0.2, 0.25) is 5.91 Å². The molecule has 5 nitrogen and oxygen atoms in total. The van der Waals surface area contributed by atoms with Gasteiger partial charge in [0.1, 0.15) is 5.75 Å². The maximum absolute atomic E-state index is 12.9. The van der Waals surface area contributed by atoms with Gasteiger partial charge in [-0.05, 0) is 25.1 Å². The van der Waals surface area contributed by atoms with Crippen molar-refractivity contribution in [1.82, 2.24) is 0 Å². The third kappa shape index (κ3) is 3.62. The van der Waals surface area contributed by atoms with Crippen molar-refractivity contribution in [2.24, 2.45) is 5.73 Å². The van der Waals surface area contributed by atoms with E-state index < -0.39 is 35.5 Å². The van der Waals surface area contributed by atoms with E-state index in [1.54, 1.807) is 0 Å². The van der Waals surface area contributed by atoms with Gasteiger partial charge in [-0.3, -0.25) is 4.79 Å². The van der Waals surface area contributed by atoms with Gasteiger partial charge in [-0.15, -0.1) is 0 Å². The molecule has 0 aliphatic rings. The predicted molar refractivity (Wildman–Crippen MR) is 62.1 cm³/mol. The summed E-state index contributed by atoms with van der Waals surface area (Å²) in [4.78, 5) is 22.1. The van der Waals surface area contributed by atoms with Gasteiger partial charge in [-0.25, -0.2) is 4.79 Å². The van der Waals surface area contributed by atoms with Crippen LogP contribution in [0.1, 0.15) is 22.8 Å². The molecule has 1 aromatic rings. The molecule has 0 radical (unpaired) electrons. The third-order valence-corrected chi connectivity index (χ3v) is 2.41. The normalized spacial score (nSPS) is 12.7. The van der Waals surface area contributed by atoms with Crippen molar-refractivity contribution in [3.63, 3.8) is 0 Å². The Morgan fingerprint density at radius 2 is 1.90 bits per heavy atom. The van der Waals surface area contributed by atoms with Gasteiger partial charge in [-0.1, -0.05) is 0 Å². The molecular weight excluding hydrogens is 279 g/mol. The minimum Gasteiger partial charge on any atom is -0.478 e. The van der Waals surface area contributed by atoms with Gasteiger partial charge < -0.3 is 15.2 Å². The number of primary amides is 1. The second-order valence-electron chi connectivity index (χ2n) is 3.86. The SMILES string of the molecule is COC(=O)[C@H](C)Oc1ccc(C(N)=O)cc1C(F)(F)F. The number of ether oxygens (including phenoxy) is 2. The second-order valence-corrected chi connectivity index (χ2v) is 3.86. The molecule has 0 heterocycles. The molecule has 0 aliphatic carbocycles. The van der Waals surface area contributed by atoms with Crippen molar-refractivity contribution in [1.29, 1.82) is 0 Å². The fourth-order valence-electron chi connectivity index (χ4n) is 1.41. The average molecular weight is 291 g/mol. The Bertz CT molecular complexity index is 528. The molecule has 1 rings (SSSR count). The smallest absolute Gasteiger partial charge is 0.419 e. The fraction of sp³-hybridized carbons (Fsp3) is 0.333. The molecule has 1 aromatic carbocycles. The fourth-order valence-corrected chi connectivity index (χ4v) is 1.41. The van der Waals surface area contributed by atoms with Crippen LogP contribution in [0.15, 0.2) is 18.2 Å². The number of alkyl halides is 3. The van der Waals surface area contributed by atoms with Crippen molar-refractivity contribution >= 4 is 11.9 Å². The average Bonchev–Trinajstić information content (AvgIpc) is 2.36. The van der Waals surface area contributed by atoms with Crippen LogP contribution in [0.2, 0.25) is 0 Å². The van der Waals surface area contributed by atoms with E-state index >= 15 is 0 Å². The highest BCUT2D eigenvalue weighted by molar-refractivity contribution is 5.93. The summed E-state index contributed by atoms with van der Waals surface area (Å²) in [5.74, 6) is -2.40. The van der Waals surface area contributed by atoms with Gasteiger partial charge in [0.25, 0.3) is 0 Å². The van der Waals surface area contributed by atoms with E-state index in [0.29, 0.717) is 6.07 Å². The van der Waals surface area contributed by atoms with Crippen LogP contribution in [0.4, 0.5) is 13.2 Å². The molecule has 0 bridgehead atoms. The lowest BCUT2D eigenvalue weighted by Crippen LogP contribution is -2.26. The van der Waals surface area contributed by atoms with E-state index in [1.165, 1.54) is 6.92 Å². The number of hydrogen-bond donors (Lipinski definition) is 1. The number of amides is 1. The number of esters is 1. The van der Waals surface area contributed by atoms with Crippen LogP contribution < -0.4 is 10.5 Å². The lowest BCUT2D eigenvalue weighted by Gasteiger charge is -2.17. The topological polar surface area (TPSA) is 78.6 Å². The summed E-state index contributed by atoms with van der Waals surface area (Å²) in [7, 11) is 1.09. The zero-order valence-electron chi connectivity index (χ0n) is 10.7. The van der Waals surface area contributed by atoms with Gasteiger partial charge in [0.15, 0.2) is 6.10 Å². The monoisotopic (exact) mass is 291 g/mol. The third-order valence-electron chi connectivity index (χ3n) is 2.41. The van der Waals surface area contributed by atoms with Crippen LogP contribution in [0.25, 0.3) is 0 Å². The Kier molecular flexibility index (Phi) is 4.59. The number of carbonyl (C=O) groups is 2. The van der Waals surface area contributed by atoms with Crippen LogP contribution in [-0.2, 0) is 15.7 Å². The van der Waals surface area contributed by atoms with Crippen molar-refractivity contribution in [2.75, 3.05) is 7.11 Å². The molecule has 0 saturated heterocycles. The van der Waals surface area contributed by atoms with Crippen molar-refractivity contribution in [3.05, 3.63) is 29.3 Å². The maximum Gasteiger partial charge on any atom is 0.419 e. The summed E-state index contributed by atoms with van der Waals surface area (Å²) < 4.78 is 47.9. The number of nitrogens with two attached hydrogens (primary N) is 1. The quantitative estimate of drug-likeness (QED) is 0.857. The molecule has 0 spiro atoms. The maximum atomic E-state index is 12.9. The summed E-state index contributed by atoms with van der Waals surface area (Å²) in [5, 5.41) is 0. The molecule has 0 aliphatic heterocycles. The number of hydrogen-bond acceptors (Lipinski definition) is 4. The molecule has 2 N–H and O–H groups in total. The summed E-state index contributed by atoms with van der Waals surface area (Å²) in [6.45, 7) is 1.24. The van der Waals surface area contributed by atoms with Crippen LogP contribution in [0.5, 0.6) is 5.75 Å². The first-order valence-corrected chi connectivity index (χ1v) is 5.42. The van der Waals surface area contributed by atoms with Crippen LogP contribution >= 0.6 is 0 Å². The molecule has 0 unspecified atom stereocenters. The molecule has 110 valence electrons. The summed E-state index contributed by atoms with van der Waals surface area (Å²) in [6, 6.07) is 2.58. The van der Waals surface area contributed by atoms with Crippen molar-refractivity contribution in [3.8, 4) is 5.75 Å². The molecule has 8 heteroatoms. The second kappa shape index (κ2) is 5.81. The standard InChI is InChI=1S/C12H12F3NO4/c1-6(11(18)19-2)20-9-4-3-7(10(16)17)5-8(9)12(13,14)15/h3-6H,1-2H3,(H2,16,17)/t6-/m0/s1. The zero-order valence-corrected chi connectivity index (χ0v) is 10.7. The highest BCUT2D eigenvalue weighted by Gasteiger charge is 2.36. The summed E-state index contributed by atoms with van der Waals surface area (Å²) >= 11 is 0. The van der Waals surface area contributed by atoms with Crippen LogP contribution in [-0.4, -0.2) is 25.1 Å². The molecule has 0 aromatic heterocycles. The Morgan fingerprint density at radius 3 is 2.35 bits per heavy atom. The Hall–Kier alpha value is -2.25. The molecule has 0 fully saturated rings. The lowest BCUT2D eigenvalue weighted by molar-refractivity contribution is -0.150. The van der Waals surface area contributed by atoms with Crippen molar-refractivity contribution in [2.45, 2.75) is 19.2 Å². The Labute approximate surface area is 112 Å².